The monoisotopic (exact) mass is 877 g/mol. The number of phosphoric acid groups is 1. The first-order valence-electron chi connectivity index (χ1n) is 21.3. The molecule has 0 aromatic rings. The molecule has 0 fully saturated rings. The summed E-state index contributed by atoms with van der Waals surface area (Å²) < 4.78 is 33.9. The number of aliphatic hydroxyl groups is 1. The molecule has 328 valence electrons. The zero-order valence-electron chi connectivity index (χ0n) is 35.2. The summed E-state index contributed by atoms with van der Waals surface area (Å²) in [6.07, 6.45) is 25.0. The number of aliphatic hydroxyl groups excluding tert-OH is 1. The Bertz CT molecular complexity index is 934. The molecule has 2 atom stereocenters. The Kier molecular flexibility index (Phi) is 40.1. The number of unbranched alkanes of at least 4 members (excludes halogenated alkanes) is 18. The maximum absolute atomic E-state index is 12.7. The van der Waals surface area contributed by atoms with Crippen LogP contribution in [0, 0.1) is 0 Å². The number of esters is 2. The van der Waals surface area contributed by atoms with E-state index in [0.29, 0.717) is 30.5 Å². The van der Waals surface area contributed by atoms with Crippen LogP contribution >= 0.6 is 51.0 Å². The highest BCUT2D eigenvalue weighted by Gasteiger charge is 2.21. The quantitative estimate of drug-likeness (QED) is 0.0205. The van der Waals surface area contributed by atoms with Crippen molar-refractivity contribution in [2.24, 2.45) is 0 Å². The number of phosphoric ester groups is 1. The lowest BCUT2D eigenvalue weighted by atomic mass is 10.1. The molecule has 0 bridgehead atoms. The highest BCUT2D eigenvalue weighted by molar-refractivity contribution is 8.77. The summed E-state index contributed by atoms with van der Waals surface area (Å²) >= 11 is 0. The van der Waals surface area contributed by atoms with E-state index in [2.05, 4.69) is 6.92 Å². The predicted molar refractivity (Wildman–Crippen MR) is 237 cm³/mol. The highest BCUT2D eigenvalue weighted by Crippen LogP contribution is 2.38. The van der Waals surface area contributed by atoms with Gasteiger partial charge in [-0.05, 0) is 44.9 Å². The Morgan fingerprint density at radius 1 is 0.600 bits per heavy atom. The van der Waals surface area contributed by atoms with Crippen LogP contribution in [0.4, 0.5) is 0 Å². The molecule has 0 rings (SSSR count). The number of quaternary nitrogens is 1. The number of ether oxygens (including phenoxy) is 2. The van der Waals surface area contributed by atoms with E-state index in [4.69, 9.17) is 23.6 Å². The Hall–Kier alpha value is 0.370. The Labute approximate surface area is 352 Å². The summed E-state index contributed by atoms with van der Waals surface area (Å²) in [5, 5.41) is 8.83. The third-order valence-corrected chi connectivity index (χ3v) is 14.9. The lowest BCUT2D eigenvalue weighted by Gasteiger charge is -2.28. The normalized spacial score (nSPS) is 13.5. The van der Waals surface area contributed by atoms with Gasteiger partial charge in [0.2, 0.25) is 0 Å². The second-order valence-corrected chi connectivity index (χ2v) is 22.1. The molecule has 0 heterocycles. The lowest BCUT2D eigenvalue weighted by molar-refractivity contribution is -0.870. The number of hydrogen-bond acceptors (Lipinski definition) is 13. The molecule has 0 saturated carbocycles. The van der Waals surface area contributed by atoms with Crippen LogP contribution in [0.25, 0.3) is 0 Å². The molecule has 0 aliphatic rings. The lowest BCUT2D eigenvalue weighted by Crippen LogP contribution is -2.37. The van der Waals surface area contributed by atoms with E-state index in [0.717, 1.165) is 50.0 Å². The van der Waals surface area contributed by atoms with Crippen molar-refractivity contribution in [2.75, 3.05) is 77.1 Å². The second kappa shape index (κ2) is 39.8. The molecular weight excluding hydrogens is 798 g/mol. The van der Waals surface area contributed by atoms with Crippen molar-refractivity contribution in [1.82, 2.24) is 0 Å². The molecule has 0 spiro atoms. The first-order chi connectivity index (χ1) is 26.5. The smallest absolute Gasteiger partial charge is 0.306 e. The minimum atomic E-state index is -4.63. The van der Waals surface area contributed by atoms with Gasteiger partial charge in [-0.15, -0.1) is 0 Å². The van der Waals surface area contributed by atoms with Crippen molar-refractivity contribution in [3.05, 3.63) is 0 Å². The fourth-order valence-corrected chi connectivity index (χ4v) is 10.7. The molecule has 0 radical (unpaired) electrons. The van der Waals surface area contributed by atoms with Crippen molar-refractivity contribution < 1.29 is 47.2 Å². The molecule has 2 unspecified atom stereocenters. The molecule has 0 aromatic heterocycles. The van der Waals surface area contributed by atoms with Gasteiger partial charge in [0, 0.05) is 42.5 Å². The molecule has 0 aliphatic heterocycles. The van der Waals surface area contributed by atoms with Crippen LogP contribution in [0.2, 0.25) is 0 Å². The highest BCUT2D eigenvalue weighted by atomic mass is 33.1. The SMILES string of the molecule is CCCCCCCCCCSSCCCCCC(=O)OC(COC(=O)CCCCCSSCCCCCCCCCCO)COP(=O)([O-])OCC[N+](C)(C)C. The number of rotatable bonds is 43. The number of likely N-dealkylation sites (N-methyl/N-ethyl adjacent to an activating group) is 1. The van der Waals surface area contributed by atoms with Gasteiger partial charge in [0.05, 0.1) is 27.7 Å². The predicted octanol–water partition coefficient (Wildman–Crippen LogP) is 10.8. The van der Waals surface area contributed by atoms with Crippen LogP contribution in [0.3, 0.4) is 0 Å². The summed E-state index contributed by atoms with van der Waals surface area (Å²) in [6, 6.07) is 0. The maximum atomic E-state index is 12.7. The van der Waals surface area contributed by atoms with Crippen LogP contribution in [0.15, 0.2) is 0 Å². The summed E-state index contributed by atoms with van der Waals surface area (Å²) in [5.74, 6) is 3.57. The van der Waals surface area contributed by atoms with E-state index in [-0.39, 0.29) is 26.1 Å². The fraction of sp³-hybridized carbons (Fsp3) is 0.950. The van der Waals surface area contributed by atoms with Gasteiger partial charge in [-0.1, -0.05) is 146 Å². The van der Waals surface area contributed by atoms with Crippen LogP contribution in [0.5, 0.6) is 0 Å². The number of hydrogen-bond donors (Lipinski definition) is 1. The Morgan fingerprint density at radius 2 is 1.02 bits per heavy atom. The zero-order chi connectivity index (χ0) is 40.7. The Morgan fingerprint density at radius 3 is 1.47 bits per heavy atom. The molecule has 1 N–H and O–H groups in total. The number of carbonyl (C=O) groups excluding carboxylic acids is 2. The van der Waals surface area contributed by atoms with Gasteiger partial charge < -0.3 is 33.0 Å². The topological polar surface area (TPSA) is 131 Å². The van der Waals surface area contributed by atoms with Gasteiger partial charge >= 0.3 is 11.9 Å². The van der Waals surface area contributed by atoms with Gasteiger partial charge in [0.1, 0.15) is 19.8 Å². The molecule has 0 aromatic carbocycles. The maximum Gasteiger partial charge on any atom is 0.306 e. The molecule has 0 aliphatic carbocycles. The number of nitrogens with zero attached hydrogens (tertiary/aromatic N) is 1. The minimum absolute atomic E-state index is 0.0370. The zero-order valence-corrected chi connectivity index (χ0v) is 39.3. The minimum Gasteiger partial charge on any atom is -0.756 e. The third-order valence-electron chi connectivity index (χ3n) is 8.76. The first-order valence-corrected chi connectivity index (χ1v) is 27.8. The van der Waals surface area contributed by atoms with Crippen LogP contribution in [-0.2, 0) is 32.7 Å². The van der Waals surface area contributed by atoms with E-state index in [9.17, 15) is 19.0 Å². The van der Waals surface area contributed by atoms with Gasteiger partial charge in [0.25, 0.3) is 7.82 Å². The second-order valence-electron chi connectivity index (χ2n) is 15.3. The molecule has 0 amide bonds. The van der Waals surface area contributed by atoms with E-state index >= 15 is 0 Å². The van der Waals surface area contributed by atoms with Crippen molar-refractivity contribution >= 4 is 62.9 Å². The summed E-state index contributed by atoms with van der Waals surface area (Å²) in [6.45, 7) is 2.24. The molecule has 55 heavy (non-hydrogen) atoms. The first kappa shape index (κ1) is 55.4. The average Bonchev–Trinajstić information content (AvgIpc) is 3.13. The van der Waals surface area contributed by atoms with Gasteiger partial charge in [0.15, 0.2) is 6.10 Å². The van der Waals surface area contributed by atoms with Crippen LogP contribution in [0.1, 0.15) is 161 Å². The largest absolute Gasteiger partial charge is 0.756 e. The van der Waals surface area contributed by atoms with Crippen molar-refractivity contribution in [3.63, 3.8) is 0 Å². The van der Waals surface area contributed by atoms with Crippen LogP contribution in [-0.4, -0.2) is 105 Å². The number of carbonyl (C=O) groups is 2. The van der Waals surface area contributed by atoms with Crippen molar-refractivity contribution in [1.29, 1.82) is 0 Å². The van der Waals surface area contributed by atoms with Gasteiger partial charge in [-0.2, -0.15) is 0 Å². The summed E-state index contributed by atoms with van der Waals surface area (Å²) in [5.41, 5.74) is 0. The van der Waals surface area contributed by atoms with Gasteiger partial charge in [-0.3, -0.25) is 14.2 Å². The third kappa shape index (κ3) is 43.8. The molecular formula is C40H80NO9PS4. The average molecular weight is 878 g/mol. The van der Waals surface area contributed by atoms with E-state index < -0.39 is 32.5 Å². The van der Waals surface area contributed by atoms with E-state index in [1.54, 1.807) is 0 Å². The Balaban J connectivity index is 4.28. The van der Waals surface area contributed by atoms with Crippen molar-refractivity contribution in [2.45, 2.75) is 167 Å². The van der Waals surface area contributed by atoms with Crippen LogP contribution < -0.4 is 4.89 Å². The molecule has 10 nitrogen and oxygen atoms in total. The van der Waals surface area contributed by atoms with Crippen molar-refractivity contribution in [3.8, 4) is 0 Å². The standard InChI is InChI=1S/C40H80NO9PS4/c1-5-6-7-8-9-13-16-23-32-53-55-35-26-19-21-28-40(44)50-38(37-49-51(45,46)48-31-29-41(2,3)4)36-47-39(43)27-20-18-25-34-54-52-33-24-17-14-11-10-12-15-22-30-42/h38,42H,5-37H2,1-4H3. The fourth-order valence-electron chi connectivity index (χ4n) is 5.34. The van der Waals surface area contributed by atoms with E-state index in [1.165, 1.54) is 101 Å². The van der Waals surface area contributed by atoms with Gasteiger partial charge in [-0.25, -0.2) is 0 Å². The molecule has 0 saturated heterocycles. The van der Waals surface area contributed by atoms with E-state index in [1.807, 2.05) is 64.3 Å². The summed E-state index contributed by atoms with van der Waals surface area (Å²) in [7, 11) is 8.79. The summed E-state index contributed by atoms with van der Waals surface area (Å²) in [4.78, 5) is 37.5. The molecule has 15 heteroatoms.